The summed E-state index contributed by atoms with van der Waals surface area (Å²) in [4.78, 5) is 32.6. The maximum Gasteiger partial charge on any atom is 0.317 e. The number of morpholine rings is 1. The van der Waals surface area contributed by atoms with Crippen molar-refractivity contribution in [2.24, 2.45) is 11.3 Å². The Morgan fingerprint density at radius 1 is 1.33 bits per heavy atom. The van der Waals surface area contributed by atoms with E-state index in [2.05, 4.69) is 15.2 Å². The van der Waals surface area contributed by atoms with Gasteiger partial charge in [-0.05, 0) is 30.4 Å². The molecule has 3 aliphatic rings. The van der Waals surface area contributed by atoms with E-state index in [9.17, 15) is 14.7 Å². The van der Waals surface area contributed by atoms with E-state index in [4.69, 9.17) is 4.74 Å². The molecule has 2 aliphatic heterocycles. The number of urea groups is 1. The van der Waals surface area contributed by atoms with E-state index in [0.717, 1.165) is 37.3 Å². The Bertz CT molecular complexity index is 704. The fourth-order valence-electron chi connectivity index (χ4n) is 4.58. The normalized spacial score (nSPS) is 27.5. The number of aliphatic carboxylic acids is 1. The van der Waals surface area contributed by atoms with Crippen molar-refractivity contribution >= 4 is 17.8 Å². The third kappa shape index (κ3) is 3.45. The average molecular weight is 374 g/mol. The molecule has 0 spiro atoms. The number of likely N-dealkylation sites (tertiary alicyclic amines) is 1. The minimum atomic E-state index is -0.761. The van der Waals surface area contributed by atoms with Crippen LogP contribution in [-0.4, -0.2) is 66.4 Å². The van der Waals surface area contributed by atoms with Crippen LogP contribution in [0, 0.1) is 11.3 Å². The Morgan fingerprint density at radius 2 is 2.15 bits per heavy atom. The number of rotatable bonds is 4. The van der Waals surface area contributed by atoms with E-state index in [1.54, 1.807) is 11.1 Å². The fraction of sp³-hybridized carbons (Fsp3) is 0.632. The third-order valence-corrected chi connectivity index (χ3v) is 6.17. The number of nitrogens with zero attached hydrogens (tertiary/aromatic N) is 3. The van der Waals surface area contributed by atoms with Crippen LogP contribution < -0.4 is 10.2 Å². The van der Waals surface area contributed by atoms with Crippen LogP contribution in [0.5, 0.6) is 0 Å². The van der Waals surface area contributed by atoms with E-state index in [1.165, 1.54) is 0 Å². The molecule has 0 radical (unpaired) electrons. The number of carbonyl (C=O) groups excluding carboxylic acids is 1. The van der Waals surface area contributed by atoms with Crippen molar-refractivity contribution in [1.29, 1.82) is 0 Å². The molecule has 146 valence electrons. The quantitative estimate of drug-likeness (QED) is 0.825. The lowest BCUT2D eigenvalue weighted by molar-refractivity contribution is -0.149. The molecule has 2 saturated heterocycles. The average Bonchev–Trinajstić information content (AvgIpc) is 3.26. The molecule has 4 rings (SSSR count). The van der Waals surface area contributed by atoms with Gasteiger partial charge in [0.05, 0.1) is 18.6 Å². The number of fused-ring (bicyclic) bond motifs is 1. The fourth-order valence-corrected chi connectivity index (χ4v) is 4.58. The van der Waals surface area contributed by atoms with Crippen molar-refractivity contribution < 1.29 is 19.4 Å². The van der Waals surface area contributed by atoms with E-state index in [0.29, 0.717) is 39.3 Å². The maximum absolute atomic E-state index is 12.5. The first kappa shape index (κ1) is 18.0. The van der Waals surface area contributed by atoms with Gasteiger partial charge in [-0.25, -0.2) is 9.78 Å². The van der Waals surface area contributed by atoms with Crippen LogP contribution in [0.3, 0.4) is 0 Å². The molecular formula is C19H26N4O4. The Hall–Kier alpha value is -2.35. The molecule has 1 saturated carbocycles. The molecule has 1 aromatic heterocycles. The summed E-state index contributed by atoms with van der Waals surface area (Å²) < 4.78 is 5.35. The molecule has 2 N–H and O–H groups in total. The van der Waals surface area contributed by atoms with Crippen molar-refractivity contribution in [3.63, 3.8) is 0 Å². The zero-order chi connectivity index (χ0) is 18.9. The molecule has 8 heteroatoms. The van der Waals surface area contributed by atoms with Gasteiger partial charge in [-0.3, -0.25) is 4.79 Å². The van der Waals surface area contributed by atoms with Crippen LogP contribution in [0.4, 0.5) is 10.6 Å². The number of ether oxygens (including phenoxy) is 1. The lowest BCUT2D eigenvalue weighted by Crippen LogP contribution is -2.41. The van der Waals surface area contributed by atoms with E-state index < -0.39 is 11.4 Å². The topological polar surface area (TPSA) is 95.0 Å². The van der Waals surface area contributed by atoms with Crippen molar-refractivity contribution in [2.45, 2.75) is 25.8 Å². The van der Waals surface area contributed by atoms with Gasteiger partial charge >= 0.3 is 12.0 Å². The minimum absolute atomic E-state index is 0.0789. The number of aromatic nitrogens is 1. The minimum Gasteiger partial charge on any atom is -0.481 e. The smallest absolute Gasteiger partial charge is 0.317 e. The summed E-state index contributed by atoms with van der Waals surface area (Å²) in [5, 5.41) is 12.5. The molecule has 1 aromatic rings. The molecule has 27 heavy (non-hydrogen) atoms. The largest absolute Gasteiger partial charge is 0.481 e. The van der Waals surface area contributed by atoms with Crippen LogP contribution in [0.1, 0.15) is 24.8 Å². The second kappa shape index (κ2) is 7.34. The first-order valence-electron chi connectivity index (χ1n) is 9.62. The monoisotopic (exact) mass is 374 g/mol. The first-order valence-corrected chi connectivity index (χ1v) is 9.62. The highest BCUT2D eigenvalue weighted by molar-refractivity contribution is 5.80. The highest BCUT2D eigenvalue weighted by Crippen LogP contribution is 2.48. The van der Waals surface area contributed by atoms with E-state index in [-0.39, 0.29) is 11.9 Å². The summed E-state index contributed by atoms with van der Waals surface area (Å²) in [5.74, 6) is 0.238. The van der Waals surface area contributed by atoms with Crippen molar-refractivity contribution in [3.05, 3.63) is 23.9 Å². The lowest BCUT2D eigenvalue weighted by Gasteiger charge is -2.27. The van der Waals surface area contributed by atoms with E-state index >= 15 is 0 Å². The van der Waals surface area contributed by atoms with Gasteiger partial charge in [0.1, 0.15) is 5.82 Å². The van der Waals surface area contributed by atoms with Gasteiger partial charge in [0.2, 0.25) is 0 Å². The second-order valence-electron chi connectivity index (χ2n) is 7.71. The number of anilines is 1. The number of carbonyl (C=O) groups is 2. The first-order chi connectivity index (χ1) is 13.1. The molecule has 0 unspecified atom stereocenters. The Kier molecular flexibility index (Phi) is 4.90. The number of pyridine rings is 1. The molecule has 0 bridgehead atoms. The zero-order valence-corrected chi connectivity index (χ0v) is 15.4. The van der Waals surface area contributed by atoms with Crippen molar-refractivity contribution in [1.82, 2.24) is 15.2 Å². The summed E-state index contributed by atoms with van der Waals surface area (Å²) in [6.07, 6.45) is 4.28. The number of hydrogen-bond acceptors (Lipinski definition) is 5. The van der Waals surface area contributed by atoms with Gasteiger partial charge in [0.15, 0.2) is 0 Å². The van der Waals surface area contributed by atoms with Crippen LogP contribution in [0.25, 0.3) is 0 Å². The molecular weight excluding hydrogens is 348 g/mol. The number of hydrogen-bond donors (Lipinski definition) is 2. The van der Waals surface area contributed by atoms with Gasteiger partial charge in [-0.2, -0.15) is 0 Å². The van der Waals surface area contributed by atoms with Gasteiger partial charge in [0, 0.05) is 38.9 Å². The number of nitrogens with one attached hydrogen (secondary N) is 1. The van der Waals surface area contributed by atoms with Gasteiger partial charge in [-0.15, -0.1) is 0 Å². The predicted molar refractivity (Wildman–Crippen MR) is 98.5 cm³/mol. The van der Waals surface area contributed by atoms with Crippen molar-refractivity contribution in [3.8, 4) is 0 Å². The summed E-state index contributed by atoms with van der Waals surface area (Å²) in [6.45, 7) is 4.34. The van der Waals surface area contributed by atoms with Crippen LogP contribution >= 0.6 is 0 Å². The SMILES string of the molecule is O=C(NCc1ccc(N2CCOCC2)nc1)N1C[C@@H]2CCC[C@@]2(C(=O)O)C1. The van der Waals surface area contributed by atoms with Crippen LogP contribution in [-0.2, 0) is 16.1 Å². The Labute approximate surface area is 158 Å². The maximum atomic E-state index is 12.5. The van der Waals surface area contributed by atoms with Gasteiger partial charge < -0.3 is 25.0 Å². The zero-order valence-electron chi connectivity index (χ0n) is 15.4. The molecule has 8 nitrogen and oxygen atoms in total. The standard InChI is InChI=1S/C19H26N4O4/c24-17(25)19-5-1-2-15(19)12-23(13-19)18(26)21-11-14-3-4-16(20-10-14)22-6-8-27-9-7-22/h3-4,10,15H,1-2,5-9,11-13H2,(H,21,26)(H,24,25)/t15-,19+/m0/s1. The van der Waals surface area contributed by atoms with E-state index in [1.807, 2.05) is 12.1 Å². The Balaban J connectivity index is 1.31. The summed E-state index contributed by atoms with van der Waals surface area (Å²) in [6, 6.07) is 3.74. The summed E-state index contributed by atoms with van der Waals surface area (Å²) >= 11 is 0. The van der Waals surface area contributed by atoms with Crippen LogP contribution in [0.2, 0.25) is 0 Å². The molecule has 0 aromatic carbocycles. The lowest BCUT2D eigenvalue weighted by atomic mass is 9.81. The number of carboxylic acids is 1. The summed E-state index contributed by atoms with van der Waals surface area (Å²) in [5.41, 5.74) is 0.186. The highest BCUT2D eigenvalue weighted by atomic mass is 16.5. The van der Waals surface area contributed by atoms with Gasteiger partial charge in [-0.1, -0.05) is 12.5 Å². The van der Waals surface area contributed by atoms with Crippen molar-refractivity contribution in [2.75, 3.05) is 44.3 Å². The molecule has 1 aliphatic carbocycles. The highest BCUT2D eigenvalue weighted by Gasteiger charge is 2.55. The second-order valence-corrected chi connectivity index (χ2v) is 7.71. The predicted octanol–water partition coefficient (Wildman–Crippen LogP) is 1.31. The molecule has 2 atom stereocenters. The van der Waals surface area contributed by atoms with Crippen LogP contribution in [0.15, 0.2) is 18.3 Å². The number of amides is 2. The van der Waals surface area contributed by atoms with Gasteiger partial charge in [0.25, 0.3) is 0 Å². The summed E-state index contributed by atoms with van der Waals surface area (Å²) in [7, 11) is 0. The third-order valence-electron chi connectivity index (χ3n) is 6.17. The number of carboxylic acid groups (broad SMARTS) is 1. The molecule has 3 fully saturated rings. The molecule has 3 heterocycles. The Morgan fingerprint density at radius 3 is 2.81 bits per heavy atom. The molecule has 2 amide bonds.